The van der Waals surface area contributed by atoms with Crippen LogP contribution in [0.1, 0.15) is 113 Å². The lowest BCUT2D eigenvalue weighted by Gasteiger charge is -2.71. The molecule has 3 heteroatoms. The van der Waals surface area contributed by atoms with E-state index in [1.807, 2.05) is 7.11 Å². The molecule has 5 aliphatic rings. The molecule has 0 aromatic heterocycles. The van der Waals surface area contributed by atoms with Crippen LogP contribution in [0.25, 0.3) is 0 Å². The van der Waals surface area contributed by atoms with E-state index in [1.54, 1.807) is 5.57 Å². The second kappa shape index (κ2) is 7.36. The summed E-state index contributed by atoms with van der Waals surface area (Å²) >= 11 is 0. The lowest BCUT2D eigenvalue weighted by Crippen LogP contribution is -2.65. The van der Waals surface area contributed by atoms with Crippen molar-refractivity contribution in [2.45, 2.75) is 119 Å². The van der Waals surface area contributed by atoms with Gasteiger partial charge in [-0.05, 0) is 109 Å². The van der Waals surface area contributed by atoms with E-state index in [4.69, 9.17) is 4.74 Å². The Hall–Kier alpha value is -0.830. The highest BCUT2D eigenvalue weighted by Crippen LogP contribution is 2.75. The smallest absolute Gasteiger partial charge is 0.310 e. The van der Waals surface area contributed by atoms with Crippen LogP contribution in [-0.2, 0) is 9.53 Å². The van der Waals surface area contributed by atoms with Crippen LogP contribution >= 0.6 is 0 Å². The van der Waals surface area contributed by atoms with Crippen LogP contribution in [-0.4, -0.2) is 24.3 Å². The van der Waals surface area contributed by atoms with Crippen LogP contribution in [0.2, 0.25) is 0 Å². The number of methoxy groups -OCH3 is 1. The molecule has 0 amide bonds. The van der Waals surface area contributed by atoms with Gasteiger partial charge in [0, 0.05) is 7.11 Å². The van der Waals surface area contributed by atoms with Gasteiger partial charge in [-0.15, -0.1) is 0 Å². The lowest BCUT2D eigenvalue weighted by atomic mass is 9.33. The summed E-state index contributed by atoms with van der Waals surface area (Å²) in [4.78, 5) is 12.8. The molecule has 0 bridgehead atoms. The minimum Gasteiger partial charge on any atom is -0.481 e. The summed E-state index contributed by atoms with van der Waals surface area (Å²) in [6.07, 6.45) is 13.9. The normalized spacial score (nSPS) is 51.2. The minimum atomic E-state index is -0.538. The van der Waals surface area contributed by atoms with Gasteiger partial charge in [-0.2, -0.15) is 0 Å². The van der Waals surface area contributed by atoms with Crippen LogP contribution < -0.4 is 0 Å². The molecule has 0 aliphatic heterocycles. The monoisotopic (exact) mass is 470 g/mol. The van der Waals surface area contributed by atoms with Crippen LogP contribution in [0.4, 0.5) is 0 Å². The fraction of sp³-hybridized carbons (Fsp3) is 0.903. The maximum Gasteiger partial charge on any atom is 0.310 e. The summed E-state index contributed by atoms with van der Waals surface area (Å²) in [7, 11) is 1.90. The quantitative estimate of drug-likeness (QED) is 0.417. The van der Waals surface area contributed by atoms with E-state index in [2.05, 4.69) is 54.5 Å². The zero-order chi connectivity index (χ0) is 24.9. The number of carboxylic acids is 1. The molecular weight excluding hydrogens is 420 g/mol. The van der Waals surface area contributed by atoms with Gasteiger partial charge in [0.1, 0.15) is 0 Å². The maximum absolute atomic E-state index is 12.8. The van der Waals surface area contributed by atoms with Crippen molar-refractivity contribution in [3.05, 3.63) is 11.6 Å². The average Bonchev–Trinajstić information content (AvgIpc) is 2.73. The largest absolute Gasteiger partial charge is 0.481 e. The van der Waals surface area contributed by atoms with E-state index in [1.165, 1.54) is 19.3 Å². The number of hydrogen-bond acceptors (Lipinski definition) is 2. The summed E-state index contributed by atoms with van der Waals surface area (Å²) in [5, 5.41) is 10.5. The van der Waals surface area contributed by atoms with Crippen LogP contribution in [0.5, 0.6) is 0 Å². The van der Waals surface area contributed by atoms with Gasteiger partial charge in [0.25, 0.3) is 0 Å². The summed E-state index contributed by atoms with van der Waals surface area (Å²) < 4.78 is 6.01. The zero-order valence-electron chi connectivity index (χ0n) is 23.2. The Bertz CT molecular complexity index is 900. The van der Waals surface area contributed by atoms with Crippen molar-refractivity contribution in [3.63, 3.8) is 0 Å². The van der Waals surface area contributed by atoms with Gasteiger partial charge in [0.15, 0.2) is 0 Å². The Kier molecular flexibility index (Phi) is 5.38. The van der Waals surface area contributed by atoms with E-state index in [0.29, 0.717) is 23.4 Å². The topological polar surface area (TPSA) is 46.5 Å². The highest BCUT2D eigenvalue weighted by atomic mass is 16.5. The number of aliphatic carboxylic acids is 1. The molecule has 0 radical (unpaired) electrons. The maximum atomic E-state index is 12.8. The van der Waals surface area contributed by atoms with Crippen molar-refractivity contribution in [3.8, 4) is 0 Å². The van der Waals surface area contributed by atoms with E-state index >= 15 is 0 Å². The molecule has 0 heterocycles. The number of fused-ring (bicyclic) bond motifs is 7. The van der Waals surface area contributed by atoms with Gasteiger partial charge in [-0.3, -0.25) is 4.79 Å². The second-order valence-electron chi connectivity index (χ2n) is 15.3. The zero-order valence-corrected chi connectivity index (χ0v) is 23.2. The van der Waals surface area contributed by atoms with Gasteiger partial charge in [0.05, 0.1) is 11.5 Å². The molecule has 4 fully saturated rings. The number of ether oxygens (including phenoxy) is 1. The summed E-state index contributed by atoms with van der Waals surface area (Å²) in [6, 6.07) is 0. The van der Waals surface area contributed by atoms with Crippen LogP contribution in [0, 0.1) is 50.2 Å². The van der Waals surface area contributed by atoms with Crippen LogP contribution in [0.3, 0.4) is 0 Å². The van der Waals surface area contributed by atoms with Crippen molar-refractivity contribution in [2.24, 2.45) is 50.2 Å². The summed E-state index contributed by atoms with van der Waals surface area (Å²) in [5.74, 6) is 1.03. The molecule has 192 valence electrons. The molecule has 0 saturated heterocycles. The molecule has 0 unspecified atom stereocenters. The standard InChI is InChI=1S/C31H50O3/c1-26(2)15-17-31(25(32)33)18-16-29(6)20(21(31)19-26)9-10-23-28(5)13-12-24(34-8)27(3,4)22(28)11-14-30(23,29)7/h9,21-24H,10-19H2,1-8H3,(H,32,33)/t21-,22-,23+,24-,28-,29+,30+,31-/m0/s1. The molecule has 1 N–H and O–H groups in total. The summed E-state index contributed by atoms with van der Waals surface area (Å²) in [5.41, 5.74) is 2.11. The Morgan fingerprint density at radius 3 is 2.24 bits per heavy atom. The Morgan fingerprint density at radius 2 is 1.59 bits per heavy atom. The Labute approximate surface area is 208 Å². The molecule has 3 nitrogen and oxygen atoms in total. The number of allylic oxidation sites excluding steroid dienone is 2. The lowest BCUT2D eigenvalue weighted by molar-refractivity contribution is -0.209. The van der Waals surface area contributed by atoms with Gasteiger partial charge in [-0.25, -0.2) is 0 Å². The van der Waals surface area contributed by atoms with Crippen molar-refractivity contribution in [2.75, 3.05) is 7.11 Å². The highest BCUT2D eigenvalue weighted by molar-refractivity contribution is 5.76. The summed E-state index contributed by atoms with van der Waals surface area (Å²) in [6.45, 7) is 17.4. The SMILES string of the molecule is CO[C@H]1CC[C@]2(C)[C@H]3CC=C4[C@@H]5CC(C)(C)CC[C@]5(C(=O)O)CC[C@@]4(C)[C@]3(C)CC[C@H]2C1(C)C. The molecule has 5 aliphatic carbocycles. The predicted molar refractivity (Wildman–Crippen MR) is 137 cm³/mol. The van der Waals surface area contributed by atoms with Gasteiger partial charge in [0.2, 0.25) is 0 Å². The first-order valence-corrected chi connectivity index (χ1v) is 14.1. The molecule has 0 aromatic carbocycles. The fourth-order valence-electron chi connectivity index (χ4n) is 11.0. The predicted octanol–water partition coefficient (Wildman–Crippen LogP) is 7.89. The van der Waals surface area contributed by atoms with E-state index < -0.39 is 11.4 Å². The van der Waals surface area contributed by atoms with Crippen molar-refractivity contribution >= 4 is 5.97 Å². The molecular formula is C31H50O3. The highest BCUT2D eigenvalue weighted by Gasteiger charge is 2.69. The second-order valence-corrected chi connectivity index (χ2v) is 15.3. The van der Waals surface area contributed by atoms with E-state index in [-0.39, 0.29) is 27.6 Å². The molecule has 4 saturated carbocycles. The first kappa shape index (κ1) is 24.8. The number of carbonyl (C=O) groups is 1. The van der Waals surface area contributed by atoms with E-state index in [0.717, 1.165) is 44.9 Å². The number of hydrogen-bond donors (Lipinski definition) is 1. The molecule has 0 aromatic rings. The average molecular weight is 471 g/mol. The number of rotatable bonds is 2. The molecule has 5 rings (SSSR count). The first-order chi connectivity index (χ1) is 15.7. The van der Waals surface area contributed by atoms with E-state index in [9.17, 15) is 9.90 Å². The third kappa shape index (κ3) is 2.94. The first-order valence-electron chi connectivity index (χ1n) is 14.1. The molecule has 8 atom stereocenters. The van der Waals surface area contributed by atoms with Crippen LogP contribution in [0.15, 0.2) is 11.6 Å². The third-order valence-electron chi connectivity index (χ3n) is 13.3. The van der Waals surface area contributed by atoms with Crippen molar-refractivity contribution < 1.29 is 14.6 Å². The Balaban J connectivity index is 1.58. The fourth-order valence-corrected chi connectivity index (χ4v) is 11.0. The minimum absolute atomic E-state index is 0.114. The molecule has 34 heavy (non-hydrogen) atoms. The van der Waals surface area contributed by atoms with Gasteiger partial charge < -0.3 is 9.84 Å². The molecule has 0 spiro atoms. The van der Waals surface area contributed by atoms with Crippen molar-refractivity contribution in [1.29, 1.82) is 0 Å². The van der Waals surface area contributed by atoms with Gasteiger partial charge >= 0.3 is 5.97 Å². The third-order valence-corrected chi connectivity index (χ3v) is 13.3. The Morgan fingerprint density at radius 1 is 0.912 bits per heavy atom. The van der Waals surface area contributed by atoms with Gasteiger partial charge in [-0.1, -0.05) is 60.1 Å². The van der Waals surface area contributed by atoms with Crippen molar-refractivity contribution in [1.82, 2.24) is 0 Å². The number of carboxylic acid groups (broad SMARTS) is 1.